The highest BCUT2D eigenvalue weighted by Gasteiger charge is 2.45. The molecule has 0 aromatic carbocycles. The molecule has 1 aliphatic carbocycles. The predicted molar refractivity (Wildman–Crippen MR) is 87.6 cm³/mol. The molecule has 3 aliphatic rings. The molecule has 2 radical (unpaired) electrons. The van der Waals surface area contributed by atoms with Crippen LogP contribution in [0.2, 0.25) is 32.2 Å². The molecule has 0 N–H and O–H groups in total. The third kappa shape index (κ3) is 4.58. The molecule has 9 heteroatoms. The molecule has 2 heterocycles. The molecule has 3 fully saturated rings. The van der Waals surface area contributed by atoms with E-state index in [1.54, 1.807) is 0 Å². The Morgan fingerprint density at radius 1 is 1.10 bits per heavy atom. The van der Waals surface area contributed by atoms with Crippen LogP contribution in [0.3, 0.4) is 0 Å². The normalized spacial score (nSPS) is 45.7. The van der Waals surface area contributed by atoms with E-state index < -0.39 is 36.4 Å². The second kappa shape index (κ2) is 6.65. The van der Waals surface area contributed by atoms with Crippen molar-refractivity contribution in [3.05, 3.63) is 0 Å². The Morgan fingerprint density at radius 3 is 2.38 bits per heavy atom. The monoisotopic (exact) mass is 362 g/mol. The predicted octanol–water partition coefficient (Wildman–Crippen LogP) is 2.18. The molecule has 2 saturated heterocycles. The fourth-order valence-corrected chi connectivity index (χ4v) is 16.3. The largest absolute Gasteiger partial charge is 0.417 e. The molecule has 120 valence electrons. The maximum absolute atomic E-state index is 6.29. The van der Waals surface area contributed by atoms with Crippen LogP contribution in [-0.2, 0) is 21.2 Å². The van der Waals surface area contributed by atoms with Crippen molar-refractivity contribution in [3.8, 4) is 0 Å². The number of fused-ring (bicyclic) bond motifs is 1. The van der Waals surface area contributed by atoms with Crippen LogP contribution >= 0.6 is 0 Å². The van der Waals surface area contributed by atoms with Crippen LogP contribution in [0.5, 0.6) is 0 Å². The summed E-state index contributed by atoms with van der Waals surface area (Å²) in [5.74, 6) is 0.783. The maximum atomic E-state index is 6.29. The lowest BCUT2D eigenvalue weighted by Gasteiger charge is -2.36. The van der Waals surface area contributed by atoms with Gasteiger partial charge in [0.2, 0.25) is 0 Å². The summed E-state index contributed by atoms with van der Waals surface area (Å²) in [6, 6.07) is 1.06. The van der Waals surface area contributed by atoms with Crippen LogP contribution < -0.4 is 0 Å². The third-order valence-electron chi connectivity index (χ3n) is 4.50. The van der Waals surface area contributed by atoms with E-state index in [4.69, 9.17) is 21.2 Å². The molecule has 3 rings (SSSR count). The fourth-order valence-electron chi connectivity index (χ4n) is 3.49. The molecular formula is C12H26O5Si4. The highest BCUT2D eigenvalue weighted by atomic mass is 28.5. The molecule has 0 aromatic heterocycles. The minimum atomic E-state index is -2.15. The van der Waals surface area contributed by atoms with Gasteiger partial charge in [0, 0.05) is 0 Å². The molecule has 5 nitrogen and oxygen atoms in total. The van der Waals surface area contributed by atoms with Gasteiger partial charge in [0.1, 0.15) is 0 Å². The molecule has 1 saturated carbocycles. The first-order valence-corrected chi connectivity index (χ1v) is 16.2. The van der Waals surface area contributed by atoms with E-state index >= 15 is 0 Å². The first-order chi connectivity index (χ1) is 9.93. The first-order valence-electron chi connectivity index (χ1n) is 7.97. The summed E-state index contributed by atoms with van der Waals surface area (Å²) in [5, 5.41) is 0. The van der Waals surface area contributed by atoms with Crippen molar-refractivity contribution < 1.29 is 21.2 Å². The number of hydrogen-bond donors (Lipinski definition) is 0. The molecule has 0 spiro atoms. The Morgan fingerprint density at radius 2 is 1.76 bits per heavy atom. The van der Waals surface area contributed by atoms with Gasteiger partial charge in [-0.1, -0.05) is 0 Å². The van der Waals surface area contributed by atoms with Gasteiger partial charge in [0.15, 0.2) is 0 Å². The number of rotatable bonds is 3. The SMILES string of the molecule is C[Si]1O[SiH](C)O[Si](C)O[Si](C)(CCC2CCC3OC3C2)O1. The average Bonchev–Trinajstić information content (AvgIpc) is 3.12. The molecule has 3 atom stereocenters. The van der Waals surface area contributed by atoms with Crippen LogP contribution in [-0.4, -0.2) is 48.6 Å². The Balaban J connectivity index is 1.53. The van der Waals surface area contributed by atoms with E-state index in [1.165, 1.54) is 25.7 Å². The van der Waals surface area contributed by atoms with Gasteiger partial charge >= 0.3 is 27.1 Å². The zero-order valence-corrected chi connectivity index (χ0v) is 17.5. The van der Waals surface area contributed by atoms with E-state index in [0.29, 0.717) is 12.2 Å². The van der Waals surface area contributed by atoms with Crippen molar-refractivity contribution in [2.24, 2.45) is 5.92 Å². The summed E-state index contributed by atoms with van der Waals surface area (Å²) in [5.41, 5.74) is 0. The summed E-state index contributed by atoms with van der Waals surface area (Å²) in [4.78, 5) is 0. The van der Waals surface area contributed by atoms with Crippen molar-refractivity contribution in [2.45, 2.75) is 70.1 Å². The van der Waals surface area contributed by atoms with Crippen LogP contribution in [0.15, 0.2) is 0 Å². The van der Waals surface area contributed by atoms with Gasteiger partial charge in [-0.2, -0.15) is 0 Å². The first kappa shape index (κ1) is 16.5. The van der Waals surface area contributed by atoms with Gasteiger partial charge in [-0.3, -0.25) is 0 Å². The lowest BCUT2D eigenvalue weighted by molar-refractivity contribution is 0.268. The molecule has 0 bridgehead atoms. The standard InChI is InChI=1S/C12H26O5Si4/c1-18-14-19(2)16-21(4,17-20(3)15-18)8-7-10-5-6-11-12(9-10)13-11/h10-12,18H,5-9H2,1-4H3. The van der Waals surface area contributed by atoms with E-state index in [2.05, 4.69) is 26.2 Å². The zero-order chi connectivity index (χ0) is 15.0. The minimum absolute atomic E-state index is 0.563. The summed E-state index contributed by atoms with van der Waals surface area (Å²) in [6.45, 7) is 8.40. The lowest BCUT2D eigenvalue weighted by atomic mass is 9.88. The van der Waals surface area contributed by atoms with Gasteiger partial charge in [0.25, 0.3) is 9.28 Å². The van der Waals surface area contributed by atoms with Gasteiger partial charge in [-0.15, -0.1) is 0 Å². The summed E-state index contributed by atoms with van der Waals surface area (Å²) >= 11 is 0. The van der Waals surface area contributed by atoms with Gasteiger partial charge in [-0.25, -0.2) is 0 Å². The lowest BCUT2D eigenvalue weighted by Crippen LogP contribution is -2.53. The van der Waals surface area contributed by atoms with Crippen molar-refractivity contribution in [3.63, 3.8) is 0 Å². The molecule has 2 aliphatic heterocycles. The van der Waals surface area contributed by atoms with Crippen LogP contribution in [0, 0.1) is 5.92 Å². The Bertz CT molecular complexity index is 360. The summed E-state index contributed by atoms with van der Waals surface area (Å²) < 4.78 is 30.1. The molecule has 0 aromatic rings. The van der Waals surface area contributed by atoms with E-state index in [0.717, 1.165) is 12.0 Å². The minimum Gasteiger partial charge on any atom is -0.417 e. The van der Waals surface area contributed by atoms with Crippen LogP contribution in [0.25, 0.3) is 0 Å². The molecule has 0 amide bonds. The Hall–Kier alpha value is 0.668. The average molecular weight is 363 g/mol. The van der Waals surface area contributed by atoms with Crippen molar-refractivity contribution in [2.75, 3.05) is 0 Å². The smallest absolute Gasteiger partial charge is 0.362 e. The highest BCUT2D eigenvalue weighted by Crippen LogP contribution is 2.41. The maximum Gasteiger partial charge on any atom is 0.362 e. The van der Waals surface area contributed by atoms with E-state index in [-0.39, 0.29) is 0 Å². The van der Waals surface area contributed by atoms with Crippen molar-refractivity contribution in [1.29, 1.82) is 0 Å². The Labute approximate surface area is 134 Å². The highest BCUT2D eigenvalue weighted by molar-refractivity contribution is 6.81. The second-order valence-corrected chi connectivity index (χ2v) is 15.9. The topological polar surface area (TPSA) is 49.5 Å². The van der Waals surface area contributed by atoms with E-state index in [9.17, 15) is 0 Å². The number of hydrogen-bond acceptors (Lipinski definition) is 5. The molecule has 3 unspecified atom stereocenters. The Kier molecular flexibility index (Phi) is 5.23. The summed E-state index contributed by atoms with van der Waals surface area (Å²) in [6.07, 6.45) is 6.14. The molecular weight excluding hydrogens is 336 g/mol. The number of epoxide rings is 1. The van der Waals surface area contributed by atoms with Crippen molar-refractivity contribution >= 4 is 36.4 Å². The van der Waals surface area contributed by atoms with Gasteiger partial charge < -0.3 is 21.2 Å². The zero-order valence-electron chi connectivity index (χ0n) is 13.4. The summed E-state index contributed by atoms with van der Waals surface area (Å²) in [7, 11) is -6.13. The van der Waals surface area contributed by atoms with Crippen LogP contribution in [0.1, 0.15) is 25.7 Å². The quantitative estimate of drug-likeness (QED) is 0.569. The van der Waals surface area contributed by atoms with Gasteiger partial charge in [-0.05, 0) is 63.8 Å². The third-order valence-corrected chi connectivity index (χ3v) is 16.8. The van der Waals surface area contributed by atoms with E-state index in [1.807, 2.05) is 0 Å². The fraction of sp³-hybridized carbons (Fsp3) is 1.00. The second-order valence-electron chi connectivity index (χ2n) is 6.56. The van der Waals surface area contributed by atoms with Gasteiger partial charge in [0.05, 0.1) is 12.2 Å². The number of ether oxygens (including phenoxy) is 1. The molecule has 21 heavy (non-hydrogen) atoms. The van der Waals surface area contributed by atoms with Crippen molar-refractivity contribution in [1.82, 2.24) is 0 Å². The van der Waals surface area contributed by atoms with Crippen LogP contribution in [0.4, 0.5) is 0 Å².